The standard InChI is InChI=1S/C11H12N8OS/c1-7-3-2-4-8(14-7)15-9(20)5-21-11-17-16-10-18(12)6-13-19(10)11/h2-4,6H,5,12H2,1H3,(H,14,15,20). The van der Waals surface area contributed by atoms with Gasteiger partial charge in [-0.25, -0.2) is 9.66 Å². The third-order valence-corrected chi connectivity index (χ3v) is 3.53. The van der Waals surface area contributed by atoms with Crippen molar-refractivity contribution in [1.29, 1.82) is 0 Å². The normalized spacial score (nSPS) is 10.9. The Balaban J connectivity index is 1.63. The first-order valence-electron chi connectivity index (χ1n) is 6.03. The van der Waals surface area contributed by atoms with E-state index in [1.54, 1.807) is 6.07 Å². The second kappa shape index (κ2) is 5.40. The van der Waals surface area contributed by atoms with Crippen molar-refractivity contribution in [1.82, 2.24) is 29.5 Å². The number of carbonyl (C=O) groups excluding carboxylic acids is 1. The van der Waals surface area contributed by atoms with Gasteiger partial charge in [-0.05, 0) is 19.1 Å². The molecule has 3 N–H and O–H groups in total. The monoisotopic (exact) mass is 304 g/mol. The molecule has 0 bridgehead atoms. The molecule has 0 spiro atoms. The summed E-state index contributed by atoms with van der Waals surface area (Å²) < 4.78 is 2.73. The SMILES string of the molecule is Cc1cccc(NC(=O)CSc2nnc3n(N)cnn23)n1. The molecular weight excluding hydrogens is 292 g/mol. The predicted octanol–water partition coefficient (Wildman–Crippen LogP) is 0.0738. The lowest BCUT2D eigenvalue weighted by Crippen LogP contribution is -2.15. The zero-order valence-electron chi connectivity index (χ0n) is 11.1. The Morgan fingerprint density at radius 2 is 2.29 bits per heavy atom. The van der Waals surface area contributed by atoms with Gasteiger partial charge in [0.1, 0.15) is 12.1 Å². The highest BCUT2D eigenvalue weighted by Gasteiger charge is 2.12. The van der Waals surface area contributed by atoms with Crippen LogP contribution in [0.5, 0.6) is 0 Å². The van der Waals surface area contributed by atoms with Crippen LogP contribution in [0.1, 0.15) is 5.69 Å². The molecule has 3 heterocycles. The predicted molar refractivity (Wildman–Crippen MR) is 77.3 cm³/mol. The second-order valence-corrected chi connectivity index (χ2v) is 5.18. The quantitative estimate of drug-likeness (QED) is 0.517. The van der Waals surface area contributed by atoms with Gasteiger partial charge in [0.25, 0.3) is 5.78 Å². The van der Waals surface area contributed by atoms with Crippen LogP contribution >= 0.6 is 11.8 Å². The minimum atomic E-state index is -0.179. The van der Waals surface area contributed by atoms with E-state index < -0.39 is 0 Å². The topological polar surface area (TPSA) is 116 Å². The van der Waals surface area contributed by atoms with Crippen molar-refractivity contribution in [3.8, 4) is 0 Å². The number of anilines is 1. The summed E-state index contributed by atoms with van der Waals surface area (Å²) in [7, 11) is 0. The van der Waals surface area contributed by atoms with E-state index in [9.17, 15) is 4.79 Å². The molecule has 0 aliphatic rings. The van der Waals surface area contributed by atoms with Crippen LogP contribution in [0.3, 0.4) is 0 Å². The number of thioether (sulfide) groups is 1. The summed E-state index contributed by atoms with van der Waals surface area (Å²) >= 11 is 1.22. The Kier molecular flexibility index (Phi) is 3.44. The molecule has 21 heavy (non-hydrogen) atoms. The number of aryl methyl sites for hydroxylation is 1. The summed E-state index contributed by atoms with van der Waals surface area (Å²) in [5.41, 5.74) is 0.841. The number of fused-ring (bicyclic) bond motifs is 1. The lowest BCUT2D eigenvalue weighted by Gasteiger charge is -2.03. The Morgan fingerprint density at radius 1 is 1.43 bits per heavy atom. The number of hydrogen-bond donors (Lipinski definition) is 2. The summed E-state index contributed by atoms with van der Waals surface area (Å²) in [5, 5.41) is 15.0. The van der Waals surface area contributed by atoms with Crippen LogP contribution in [0, 0.1) is 6.92 Å². The third-order valence-electron chi connectivity index (χ3n) is 2.61. The molecule has 0 saturated carbocycles. The number of nitrogen functional groups attached to an aromatic ring is 1. The first-order chi connectivity index (χ1) is 10.1. The number of aromatic nitrogens is 6. The van der Waals surface area contributed by atoms with Crippen LogP contribution in [-0.2, 0) is 4.79 Å². The van der Waals surface area contributed by atoms with Crippen molar-refractivity contribution in [2.24, 2.45) is 0 Å². The van der Waals surface area contributed by atoms with Crippen LogP contribution in [0.4, 0.5) is 5.82 Å². The molecule has 3 aromatic rings. The fraction of sp³-hybridized carbons (Fsp3) is 0.182. The molecule has 0 aliphatic carbocycles. The Hall–Kier alpha value is -2.62. The Morgan fingerprint density at radius 3 is 3.10 bits per heavy atom. The van der Waals surface area contributed by atoms with Gasteiger partial charge in [0.05, 0.1) is 5.75 Å². The number of pyridine rings is 1. The highest BCUT2D eigenvalue weighted by Crippen LogP contribution is 2.15. The molecule has 0 unspecified atom stereocenters. The molecule has 0 aromatic carbocycles. The molecule has 0 fully saturated rings. The minimum absolute atomic E-state index is 0.174. The number of nitrogens with two attached hydrogens (primary N) is 1. The summed E-state index contributed by atoms with van der Waals surface area (Å²) in [6.45, 7) is 1.86. The first-order valence-corrected chi connectivity index (χ1v) is 7.02. The van der Waals surface area contributed by atoms with Crippen molar-refractivity contribution in [3.63, 3.8) is 0 Å². The van der Waals surface area contributed by atoms with Crippen molar-refractivity contribution in [2.75, 3.05) is 16.9 Å². The van der Waals surface area contributed by atoms with Gasteiger partial charge in [-0.2, -0.15) is 9.61 Å². The summed E-state index contributed by atoms with van der Waals surface area (Å²) in [6.07, 6.45) is 1.42. The van der Waals surface area contributed by atoms with Crippen molar-refractivity contribution in [2.45, 2.75) is 12.1 Å². The van der Waals surface area contributed by atoms with Gasteiger partial charge in [-0.1, -0.05) is 17.8 Å². The van der Waals surface area contributed by atoms with Crippen molar-refractivity contribution < 1.29 is 4.79 Å². The van der Waals surface area contributed by atoms with Crippen LogP contribution < -0.4 is 11.2 Å². The highest BCUT2D eigenvalue weighted by molar-refractivity contribution is 7.99. The zero-order valence-corrected chi connectivity index (χ0v) is 11.9. The third kappa shape index (κ3) is 2.79. The van der Waals surface area contributed by atoms with Gasteiger partial charge in [0, 0.05) is 5.69 Å². The van der Waals surface area contributed by atoms with E-state index in [0.29, 0.717) is 16.8 Å². The van der Waals surface area contributed by atoms with E-state index in [2.05, 4.69) is 25.6 Å². The fourth-order valence-corrected chi connectivity index (χ4v) is 2.37. The average molecular weight is 304 g/mol. The van der Waals surface area contributed by atoms with Gasteiger partial charge in [0.15, 0.2) is 0 Å². The lowest BCUT2D eigenvalue weighted by molar-refractivity contribution is -0.113. The molecular formula is C11H12N8OS. The summed E-state index contributed by atoms with van der Waals surface area (Å²) in [4.78, 5) is 16.1. The van der Waals surface area contributed by atoms with Gasteiger partial charge in [-0.3, -0.25) is 4.79 Å². The maximum atomic E-state index is 11.9. The highest BCUT2D eigenvalue weighted by atomic mass is 32.2. The van der Waals surface area contributed by atoms with E-state index in [0.717, 1.165) is 5.69 Å². The number of carbonyl (C=O) groups is 1. The number of hydrogen-bond acceptors (Lipinski definition) is 7. The van der Waals surface area contributed by atoms with Gasteiger partial charge >= 0.3 is 0 Å². The van der Waals surface area contributed by atoms with Crippen molar-refractivity contribution in [3.05, 3.63) is 30.2 Å². The van der Waals surface area contributed by atoms with Crippen molar-refractivity contribution >= 4 is 29.3 Å². The molecule has 0 aliphatic heterocycles. The fourth-order valence-electron chi connectivity index (χ4n) is 1.69. The molecule has 1 amide bonds. The number of nitrogens with zero attached hydrogens (tertiary/aromatic N) is 6. The number of rotatable bonds is 4. The van der Waals surface area contributed by atoms with Gasteiger partial charge in [0.2, 0.25) is 11.1 Å². The number of amides is 1. The maximum absolute atomic E-state index is 11.9. The molecule has 3 aromatic heterocycles. The van der Waals surface area contributed by atoms with E-state index in [-0.39, 0.29) is 11.7 Å². The summed E-state index contributed by atoms with van der Waals surface area (Å²) in [6, 6.07) is 5.43. The molecule has 108 valence electrons. The maximum Gasteiger partial charge on any atom is 0.273 e. The first kappa shape index (κ1) is 13.4. The number of nitrogens with one attached hydrogen (secondary N) is 1. The molecule has 3 rings (SSSR count). The van der Waals surface area contributed by atoms with Crippen LogP contribution in [0.15, 0.2) is 29.7 Å². The Labute approximate surface area is 123 Å². The van der Waals surface area contributed by atoms with Gasteiger partial charge in [-0.15, -0.1) is 10.2 Å². The van der Waals surface area contributed by atoms with E-state index in [1.807, 2.05) is 19.1 Å². The van der Waals surface area contributed by atoms with Crippen LogP contribution in [-0.4, -0.2) is 41.1 Å². The lowest BCUT2D eigenvalue weighted by atomic mass is 10.4. The molecule has 9 nitrogen and oxygen atoms in total. The molecule has 0 saturated heterocycles. The van der Waals surface area contributed by atoms with E-state index in [1.165, 1.54) is 27.3 Å². The van der Waals surface area contributed by atoms with E-state index in [4.69, 9.17) is 5.84 Å². The smallest absolute Gasteiger partial charge is 0.273 e. The largest absolute Gasteiger partial charge is 0.335 e. The minimum Gasteiger partial charge on any atom is -0.335 e. The Bertz CT molecular complexity index is 794. The molecule has 10 heteroatoms. The van der Waals surface area contributed by atoms with Crippen LogP contribution in [0.2, 0.25) is 0 Å². The van der Waals surface area contributed by atoms with E-state index >= 15 is 0 Å². The molecule has 0 radical (unpaired) electrons. The average Bonchev–Trinajstić information content (AvgIpc) is 3.00. The van der Waals surface area contributed by atoms with Gasteiger partial charge < -0.3 is 11.2 Å². The second-order valence-electron chi connectivity index (χ2n) is 4.23. The molecule has 0 atom stereocenters. The summed E-state index contributed by atoms with van der Waals surface area (Å²) in [5.74, 6) is 6.53. The zero-order chi connectivity index (χ0) is 14.8. The van der Waals surface area contributed by atoms with Crippen LogP contribution in [0.25, 0.3) is 5.78 Å².